The Labute approximate surface area is 289 Å². The van der Waals surface area contributed by atoms with Gasteiger partial charge < -0.3 is 24.8 Å². The zero-order chi connectivity index (χ0) is 29.8. The van der Waals surface area contributed by atoms with Crippen LogP contribution >= 0.6 is 0 Å². The van der Waals surface area contributed by atoms with E-state index < -0.39 is 0 Å². The minimum atomic E-state index is 0. The Hall–Kier alpha value is -2.48. The molecule has 3 heteroatoms. The molecule has 0 aliphatic heterocycles. The topological polar surface area (TPSA) is 0 Å². The van der Waals surface area contributed by atoms with Gasteiger partial charge in [0.05, 0.1) is 0 Å². The monoisotopic (exact) mass is 652 g/mol. The second-order valence-electron chi connectivity index (χ2n) is 12.2. The van der Waals surface area contributed by atoms with E-state index in [1.54, 1.807) is 3.81 Å². The molecule has 0 radical (unpaired) electrons. The van der Waals surface area contributed by atoms with E-state index >= 15 is 0 Å². The Morgan fingerprint density at radius 3 is 1.66 bits per heavy atom. The van der Waals surface area contributed by atoms with Crippen LogP contribution in [0.2, 0.25) is 0 Å². The molecule has 44 heavy (non-hydrogen) atoms. The molecule has 7 rings (SSSR count). The number of halogens is 2. The number of rotatable bonds is 2. The van der Waals surface area contributed by atoms with Gasteiger partial charge in [-0.3, -0.25) is 6.08 Å². The first-order valence-corrected chi connectivity index (χ1v) is 16.1. The summed E-state index contributed by atoms with van der Waals surface area (Å²) < 4.78 is 1.70. The van der Waals surface area contributed by atoms with Crippen molar-refractivity contribution in [2.24, 2.45) is 0 Å². The first-order chi connectivity index (χ1) is 20.2. The van der Waals surface area contributed by atoms with E-state index in [1.165, 1.54) is 104 Å². The Morgan fingerprint density at radius 1 is 0.659 bits per heavy atom. The minimum absolute atomic E-state index is 0. The molecule has 0 spiro atoms. The fourth-order valence-electron chi connectivity index (χ4n) is 6.80. The number of fused-ring (bicyclic) bond motifs is 3. The molecular formula is C41H42Cl2Ti-2. The van der Waals surface area contributed by atoms with Crippen LogP contribution in [-0.2, 0) is 26.4 Å². The summed E-state index contributed by atoms with van der Waals surface area (Å²) in [6.07, 6.45) is 16.7. The quantitative estimate of drug-likeness (QED) is 0.189. The van der Waals surface area contributed by atoms with Crippen LogP contribution in [0.1, 0.15) is 76.6 Å². The van der Waals surface area contributed by atoms with Gasteiger partial charge in [-0.1, -0.05) is 81.4 Å². The van der Waals surface area contributed by atoms with Crippen molar-refractivity contribution in [1.82, 2.24) is 0 Å². The van der Waals surface area contributed by atoms with Crippen molar-refractivity contribution in [3.05, 3.63) is 129 Å². The molecule has 3 aliphatic carbocycles. The Kier molecular flexibility index (Phi) is 13.2. The van der Waals surface area contributed by atoms with Crippen molar-refractivity contribution in [3.8, 4) is 33.4 Å². The second kappa shape index (κ2) is 16.2. The molecule has 0 amide bonds. The summed E-state index contributed by atoms with van der Waals surface area (Å²) >= 11 is 2.26. The van der Waals surface area contributed by atoms with Gasteiger partial charge >= 0.3 is 49.5 Å². The Balaban J connectivity index is 0.000000343. The summed E-state index contributed by atoms with van der Waals surface area (Å²) in [6, 6.07) is 24.4. The van der Waals surface area contributed by atoms with Crippen LogP contribution in [0.3, 0.4) is 0 Å². The molecule has 0 N–H and O–H groups in total. The maximum absolute atomic E-state index is 3.62. The van der Waals surface area contributed by atoms with Gasteiger partial charge in [-0.2, -0.15) is 29.8 Å². The number of allylic oxidation sites excluding steroid dienone is 4. The zero-order valence-electron chi connectivity index (χ0n) is 26.9. The SMILES string of the molecule is Cc1cc(C)c(-c2c[c-]c3c(c2)-c2cc(-c4c(C)cc(C)cc4C)ccc2C3)c(C)c1.[C-]1=CC=CC1.[Cl-].[Cl-].[Ti+2]=[C]1CCCC1. The van der Waals surface area contributed by atoms with E-state index in [-0.39, 0.29) is 24.8 Å². The van der Waals surface area contributed by atoms with Crippen molar-refractivity contribution >= 4 is 3.81 Å². The van der Waals surface area contributed by atoms with E-state index in [0.29, 0.717) is 0 Å². The van der Waals surface area contributed by atoms with Crippen LogP contribution in [0.4, 0.5) is 0 Å². The van der Waals surface area contributed by atoms with Gasteiger partial charge in [0.2, 0.25) is 0 Å². The maximum atomic E-state index is 3.62. The molecular weight excluding hydrogens is 611 g/mol. The molecule has 4 aromatic rings. The summed E-state index contributed by atoms with van der Waals surface area (Å²) in [4.78, 5) is 0. The van der Waals surface area contributed by atoms with Gasteiger partial charge in [-0.25, -0.2) is 12.2 Å². The van der Waals surface area contributed by atoms with Crippen LogP contribution in [0, 0.1) is 53.7 Å². The molecule has 1 fully saturated rings. The van der Waals surface area contributed by atoms with Gasteiger partial charge in [0.15, 0.2) is 0 Å². The molecule has 226 valence electrons. The second-order valence-corrected chi connectivity index (χ2v) is 13.3. The van der Waals surface area contributed by atoms with Gasteiger partial charge in [0.1, 0.15) is 0 Å². The number of hydrogen-bond acceptors (Lipinski definition) is 0. The van der Waals surface area contributed by atoms with E-state index in [2.05, 4.69) is 134 Å². The zero-order valence-corrected chi connectivity index (χ0v) is 30.0. The van der Waals surface area contributed by atoms with Crippen LogP contribution in [0.5, 0.6) is 0 Å². The summed E-state index contributed by atoms with van der Waals surface area (Å²) in [6.45, 7) is 13.2. The first-order valence-electron chi connectivity index (χ1n) is 15.3. The number of hydrogen-bond donors (Lipinski definition) is 0. The van der Waals surface area contributed by atoms with Gasteiger partial charge in [-0.15, -0.1) is 17.5 Å². The van der Waals surface area contributed by atoms with Crippen molar-refractivity contribution in [2.45, 2.75) is 80.1 Å². The molecule has 0 bridgehead atoms. The average Bonchev–Trinajstić information content (AvgIpc) is 3.71. The normalized spacial score (nSPS) is 13.6. The number of benzene rings is 4. The molecule has 1 saturated carbocycles. The molecule has 3 aliphatic rings. The predicted octanol–water partition coefficient (Wildman–Crippen LogP) is 4.84. The summed E-state index contributed by atoms with van der Waals surface area (Å²) in [5.41, 5.74) is 18.8. The van der Waals surface area contributed by atoms with E-state index in [0.717, 1.165) is 12.8 Å². The molecule has 0 heterocycles. The Bertz CT molecular complexity index is 1540. The van der Waals surface area contributed by atoms with E-state index in [1.807, 2.05) is 12.2 Å². The standard InChI is InChI=1S/C31H29.C5H8.C5H5.2ClH.Ti/c1-18-11-20(3)30(21(4)12-18)26-9-7-24-15-25-8-10-27(17-29(25)28(24)16-26)31-22(5)13-19(2)14-23(31)6;2*1-2-4-5-3-1;;;/h7,9-14,16-17H,15H2,1-6H3;1-4H2;1-3H,4H2;2*1H;/q-1;;-1;;;+2/p-2. The van der Waals surface area contributed by atoms with Gasteiger partial charge in [-0.05, 0) is 70.2 Å². The summed E-state index contributed by atoms with van der Waals surface area (Å²) in [7, 11) is 0. The van der Waals surface area contributed by atoms with Gasteiger partial charge in [0, 0.05) is 0 Å². The van der Waals surface area contributed by atoms with Crippen molar-refractivity contribution in [1.29, 1.82) is 0 Å². The number of aryl methyl sites for hydroxylation is 6. The molecule has 4 aromatic carbocycles. The van der Waals surface area contributed by atoms with Crippen LogP contribution in [0.25, 0.3) is 33.4 Å². The third-order valence-electron chi connectivity index (χ3n) is 8.52. The van der Waals surface area contributed by atoms with Crippen LogP contribution in [0.15, 0.2) is 72.8 Å². The molecule has 0 nitrogen and oxygen atoms in total. The predicted molar refractivity (Wildman–Crippen MR) is 178 cm³/mol. The molecule has 0 aromatic heterocycles. The Morgan fingerprint density at radius 2 is 1.20 bits per heavy atom. The average molecular weight is 654 g/mol. The van der Waals surface area contributed by atoms with Crippen LogP contribution in [-0.4, -0.2) is 3.81 Å². The third kappa shape index (κ3) is 8.41. The fourth-order valence-corrected chi connectivity index (χ4v) is 7.35. The molecule has 0 unspecified atom stereocenters. The van der Waals surface area contributed by atoms with Crippen molar-refractivity contribution in [2.75, 3.05) is 0 Å². The third-order valence-corrected chi connectivity index (χ3v) is 9.30. The van der Waals surface area contributed by atoms with Crippen molar-refractivity contribution < 1.29 is 44.8 Å². The molecule has 0 atom stereocenters. The molecule has 0 saturated heterocycles. The summed E-state index contributed by atoms with van der Waals surface area (Å²) in [5, 5.41) is 0. The van der Waals surface area contributed by atoms with E-state index in [4.69, 9.17) is 0 Å². The fraction of sp³-hybridized carbons (Fsp3) is 0.293. The van der Waals surface area contributed by atoms with Gasteiger partial charge in [0.25, 0.3) is 0 Å². The van der Waals surface area contributed by atoms with Crippen LogP contribution < -0.4 is 24.8 Å². The summed E-state index contributed by atoms with van der Waals surface area (Å²) in [5.74, 6) is 0. The van der Waals surface area contributed by atoms with E-state index in [9.17, 15) is 0 Å². The first kappa shape index (κ1) is 36.0. The van der Waals surface area contributed by atoms with Crippen molar-refractivity contribution in [3.63, 3.8) is 0 Å².